The van der Waals surface area contributed by atoms with Crippen LogP contribution >= 0.6 is 11.8 Å². The Bertz CT molecular complexity index is 1080. The molecule has 0 spiro atoms. The van der Waals surface area contributed by atoms with E-state index in [0.29, 0.717) is 18.2 Å². The minimum Gasteiger partial charge on any atom is -0.501 e. The Hall–Kier alpha value is -2.94. The lowest BCUT2D eigenvalue weighted by Crippen LogP contribution is -2.35. The maximum absolute atomic E-state index is 15.2. The van der Waals surface area contributed by atoms with Gasteiger partial charge in [0.1, 0.15) is 10.8 Å². The molecular weight excluding hydrogens is 468 g/mol. The molecule has 0 bridgehead atoms. The van der Waals surface area contributed by atoms with Gasteiger partial charge in [-0.1, -0.05) is 24.3 Å². The van der Waals surface area contributed by atoms with E-state index < -0.39 is 17.6 Å². The quantitative estimate of drug-likeness (QED) is 0.207. The molecule has 0 saturated heterocycles. The number of aromatic nitrogens is 1. The normalized spacial score (nSPS) is 14.3. The van der Waals surface area contributed by atoms with Crippen molar-refractivity contribution in [1.29, 1.82) is 0 Å². The van der Waals surface area contributed by atoms with E-state index in [1.165, 1.54) is 6.08 Å². The van der Waals surface area contributed by atoms with Crippen LogP contribution in [-0.2, 0) is 17.5 Å². The molecule has 0 radical (unpaired) electrons. The summed E-state index contributed by atoms with van der Waals surface area (Å²) in [6.45, 7) is 5.66. The number of thioether (sulfide) groups is 1. The van der Waals surface area contributed by atoms with Crippen LogP contribution in [0.15, 0.2) is 71.5 Å². The van der Waals surface area contributed by atoms with Crippen molar-refractivity contribution in [2.24, 2.45) is 0 Å². The van der Waals surface area contributed by atoms with Crippen LogP contribution in [0.5, 0.6) is 5.75 Å². The Balaban J connectivity index is 2.06. The molecule has 1 aliphatic carbocycles. The third-order valence-electron chi connectivity index (χ3n) is 5.48. The van der Waals surface area contributed by atoms with Crippen molar-refractivity contribution >= 4 is 17.6 Å². The van der Waals surface area contributed by atoms with Gasteiger partial charge in [-0.05, 0) is 42.3 Å². The fraction of sp³-hybridized carbons (Fsp3) is 0.320. The third-order valence-corrected chi connectivity index (χ3v) is 6.46. The van der Waals surface area contributed by atoms with Crippen LogP contribution < -0.4 is 9.64 Å². The molecule has 1 atom stereocenters. The molecule has 182 valence electrons. The Labute approximate surface area is 201 Å². The van der Waals surface area contributed by atoms with Crippen LogP contribution in [-0.4, -0.2) is 31.0 Å². The van der Waals surface area contributed by atoms with E-state index in [2.05, 4.69) is 11.6 Å². The molecule has 1 aromatic heterocycles. The summed E-state index contributed by atoms with van der Waals surface area (Å²) >= 11 is 0.869. The summed E-state index contributed by atoms with van der Waals surface area (Å²) in [6, 6.07) is 7.38. The highest BCUT2D eigenvalue weighted by Gasteiger charge is 2.37. The lowest BCUT2D eigenvalue weighted by atomic mass is 10.0. The Kier molecular flexibility index (Phi) is 8.30. The lowest BCUT2D eigenvalue weighted by Gasteiger charge is -2.32. The molecule has 0 N–H and O–H groups in total. The van der Waals surface area contributed by atoms with E-state index in [1.807, 2.05) is 31.2 Å². The number of anilines is 1. The Morgan fingerprint density at radius 2 is 1.88 bits per heavy atom. The number of ether oxygens (including phenoxy) is 2. The average Bonchev–Trinajstić information content (AvgIpc) is 3.30. The second-order valence-corrected chi connectivity index (χ2v) is 8.66. The molecule has 2 aromatic rings. The van der Waals surface area contributed by atoms with E-state index in [9.17, 15) is 13.2 Å². The average molecular weight is 495 g/mol. The van der Waals surface area contributed by atoms with Crippen LogP contribution in [0.1, 0.15) is 24.5 Å². The number of hydrogen-bond acceptors (Lipinski definition) is 5. The van der Waals surface area contributed by atoms with Gasteiger partial charge in [-0.25, -0.2) is 9.37 Å². The van der Waals surface area contributed by atoms with Gasteiger partial charge < -0.3 is 14.4 Å². The van der Waals surface area contributed by atoms with E-state index in [0.717, 1.165) is 28.7 Å². The van der Waals surface area contributed by atoms with Crippen LogP contribution in [0, 0.1) is 5.82 Å². The molecule has 1 aromatic carbocycles. The minimum atomic E-state index is -4.73. The number of methoxy groups -OCH3 is 2. The van der Waals surface area contributed by atoms with Crippen LogP contribution in [0.25, 0.3) is 0 Å². The number of pyridine rings is 1. The van der Waals surface area contributed by atoms with Crippen molar-refractivity contribution in [1.82, 2.24) is 4.98 Å². The largest absolute Gasteiger partial charge is 0.501 e. The zero-order valence-corrected chi connectivity index (χ0v) is 20.0. The van der Waals surface area contributed by atoms with Gasteiger partial charge in [-0.3, -0.25) is 0 Å². The van der Waals surface area contributed by atoms with Gasteiger partial charge in [-0.15, -0.1) is 18.3 Å². The maximum atomic E-state index is 15.2. The topological polar surface area (TPSA) is 34.6 Å². The Morgan fingerprint density at radius 3 is 2.44 bits per heavy atom. The first-order valence-corrected chi connectivity index (χ1v) is 11.5. The zero-order valence-electron chi connectivity index (χ0n) is 19.2. The van der Waals surface area contributed by atoms with Gasteiger partial charge in [-0.2, -0.15) is 13.2 Å². The van der Waals surface area contributed by atoms with Crippen molar-refractivity contribution in [2.75, 3.05) is 24.9 Å². The third kappa shape index (κ3) is 5.94. The second kappa shape index (κ2) is 11.0. The van der Waals surface area contributed by atoms with Crippen LogP contribution in [0.3, 0.4) is 0 Å². The van der Waals surface area contributed by atoms with E-state index in [4.69, 9.17) is 9.47 Å². The maximum Gasteiger partial charge on any atom is 0.419 e. The van der Waals surface area contributed by atoms with Gasteiger partial charge in [0.15, 0.2) is 11.6 Å². The first-order chi connectivity index (χ1) is 16.2. The summed E-state index contributed by atoms with van der Waals surface area (Å²) in [7, 11) is 3.13. The van der Waals surface area contributed by atoms with Crippen LogP contribution in [0.2, 0.25) is 0 Å². The monoisotopic (exact) mass is 494 g/mol. The first kappa shape index (κ1) is 25.7. The van der Waals surface area contributed by atoms with Gasteiger partial charge >= 0.3 is 6.18 Å². The van der Waals surface area contributed by atoms with E-state index >= 15 is 4.39 Å². The summed E-state index contributed by atoms with van der Waals surface area (Å²) in [5, 5.41) is -0.285. The predicted molar refractivity (Wildman–Crippen MR) is 127 cm³/mol. The lowest BCUT2D eigenvalue weighted by molar-refractivity contribution is -0.140. The molecule has 0 aliphatic heterocycles. The van der Waals surface area contributed by atoms with E-state index in [-0.39, 0.29) is 29.2 Å². The molecule has 0 amide bonds. The van der Waals surface area contributed by atoms with Crippen molar-refractivity contribution in [3.63, 3.8) is 0 Å². The molecule has 0 fully saturated rings. The number of nitrogens with zero attached hydrogens (tertiary/aromatic N) is 2. The summed E-state index contributed by atoms with van der Waals surface area (Å²) in [5.41, 5.74) is 0.667. The number of halogens is 4. The van der Waals surface area contributed by atoms with Gasteiger partial charge in [0.2, 0.25) is 0 Å². The molecule has 0 unspecified atom stereocenters. The molecule has 9 heteroatoms. The smallest absolute Gasteiger partial charge is 0.419 e. The number of alkyl halides is 3. The van der Waals surface area contributed by atoms with Crippen molar-refractivity contribution in [2.45, 2.75) is 37.1 Å². The second-order valence-electron chi connectivity index (χ2n) is 7.65. The summed E-state index contributed by atoms with van der Waals surface area (Å²) < 4.78 is 66.5. The summed E-state index contributed by atoms with van der Waals surface area (Å²) in [6.07, 6.45) is 0.998. The summed E-state index contributed by atoms with van der Waals surface area (Å²) in [4.78, 5) is 5.86. The molecule has 3 rings (SSSR count). The SMILES string of the molecule is C=CCSc1nc(N(Cc2ccc(OC)cc2)[C@H](C)C2=CC=C(OC)C2)c(F)cc1C(F)(F)F. The summed E-state index contributed by atoms with van der Waals surface area (Å²) in [5.74, 6) is 0.456. The highest BCUT2D eigenvalue weighted by Crippen LogP contribution is 2.39. The molecule has 34 heavy (non-hydrogen) atoms. The van der Waals surface area contributed by atoms with Gasteiger partial charge in [0.05, 0.1) is 31.6 Å². The van der Waals surface area contributed by atoms with Crippen molar-refractivity contribution in [3.8, 4) is 5.75 Å². The standard InChI is InChI=1S/C25H26F4N2O2S/c1-5-12-34-24-21(25(27,28)29)14-22(26)23(30-24)31(15-17-6-9-19(32-3)10-7-17)16(2)18-8-11-20(13-18)33-4/h5-11,14,16H,1,12-13,15H2,2-4H3/t16-/m1/s1. The highest BCUT2D eigenvalue weighted by molar-refractivity contribution is 7.99. The molecule has 1 aliphatic rings. The van der Waals surface area contributed by atoms with Gasteiger partial charge in [0, 0.05) is 18.7 Å². The fourth-order valence-electron chi connectivity index (χ4n) is 3.58. The first-order valence-electron chi connectivity index (χ1n) is 10.5. The van der Waals surface area contributed by atoms with E-state index in [1.54, 1.807) is 31.3 Å². The number of rotatable bonds is 10. The van der Waals surface area contributed by atoms with Crippen LogP contribution in [0.4, 0.5) is 23.4 Å². The molecule has 0 saturated carbocycles. The van der Waals surface area contributed by atoms with Gasteiger partial charge in [0.25, 0.3) is 0 Å². The molecule has 4 nitrogen and oxygen atoms in total. The zero-order chi connectivity index (χ0) is 24.9. The fourth-order valence-corrected chi connectivity index (χ4v) is 4.34. The molecule has 1 heterocycles. The molecular formula is C25H26F4N2O2S. The highest BCUT2D eigenvalue weighted by atomic mass is 32.2. The predicted octanol–water partition coefficient (Wildman–Crippen LogP) is 6.78. The minimum absolute atomic E-state index is 0.144. The number of hydrogen-bond donors (Lipinski definition) is 0. The van der Waals surface area contributed by atoms with Crippen molar-refractivity contribution < 1.29 is 27.0 Å². The number of benzene rings is 1. The van der Waals surface area contributed by atoms with Crippen molar-refractivity contribution in [3.05, 3.63) is 83.4 Å². The Morgan fingerprint density at radius 1 is 1.18 bits per heavy atom. The number of allylic oxidation sites excluding steroid dienone is 3.